The lowest BCUT2D eigenvalue weighted by Gasteiger charge is -2.12. The minimum Gasteiger partial charge on any atom is -0.236 e. The molecule has 6 aromatic carbocycles. The lowest BCUT2D eigenvalue weighted by Crippen LogP contribution is -2.01. The van der Waals surface area contributed by atoms with Gasteiger partial charge in [-0.2, -0.15) is 0 Å². The van der Waals surface area contributed by atoms with Gasteiger partial charge < -0.3 is 0 Å². The van der Waals surface area contributed by atoms with Crippen molar-refractivity contribution in [3.05, 3.63) is 175 Å². The third-order valence-electron chi connectivity index (χ3n) is 9.07. The Morgan fingerprint density at radius 1 is 0.347 bits per heavy atom. The maximum Gasteiger partial charge on any atom is 0.164 e. The summed E-state index contributed by atoms with van der Waals surface area (Å²) in [5.74, 6) is 1.84. The van der Waals surface area contributed by atoms with Crippen LogP contribution in [0.3, 0.4) is 0 Å². The number of nitrogens with zero attached hydrogens (tertiary/aromatic N) is 5. The average Bonchev–Trinajstić information content (AvgIpc) is 3.58. The lowest BCUT2D eigenvalue weighted by molar-refractivity contribution is 1.07. The first-order valence-corrected chi connectivity index (χ1v) is 16.4. The zero-order valence-electron chi connectivity index (χ0n) is 26.5. The molecule has 0 bridgehead atoms. The first-order valence-electron chi connectivity index (χ1n) is 16.4. The molecular weight excluding hydrogens is 599 g/mol. The Morgan fingerprint density at radius 2 is 0.776 bits per heavy atom. The van der Waals surface area contributed by atoms with Gasteiger partial charge in [0.1, 0.15) is 6.33 Å². The van der Waals surface area contributed by atoms with E-state index in [0.29, 0.717) is 17.5 Å². The Bertz CT molecular complexity index is 2370. The van der Waals surface area contributed by atoms with Crippen LogP contribution in [-0.2, 0) is 6.42 Å². The molecule has 0 radical (unpaired) electrons. The van der Waals surface area contributed by atoms with Gasteiger partial charge in [0.2, 0.25) is 0 Å². The third kappa shape index (κ3) is 5.47. The zero-order chi connectivity index (χ0) is 32.6. The van der Waals surface area contributed by atoms with E-state index in [4.69, 9.17) is 19.9 Å². The van der Waals surface area contributed by atoms with Gasteiger partial charge in [-0.1, -0.05) is 140 Å². The monoisotopic (exact) mass is 627 g/mol. The summed E-state index contributed by atoms with van der Waals surface area (Å²) in [6.45, 7) is 0. The number of benzene rings is 6. The van der Waals surface area contributed by atoms with E-state index in [1.54, 1.807) is 6.33 Å². The molecule has 5 heteroatoms. The van der Waals surface area contributed by atoms with Crippen LogP contribution in [0.25, 0.3) is 78.9 Å². The Hall–Kier alpha value is -6.59. The van der Waals surface area contributed by atoms with Crippen LogP contribution in [0.5, 0.6) is 0 Å². The van der Waals surface area contributed by atoms with Crippen LogP contribution in [0.15, 0.2) is 164 Å². The molecule has 0 saturated heterocycles. The van der Waals surface area contributed by atoms with E-state index in [9.17, 15) is 0 Å². The Balaban J connectivity index is 1.18. The summed E-state index contributed by atoms with van der Waals surface area (Å²) < 4.78 is 0. The van der Waals surface area contributed by atoms with Crippen LogP contribution in [0.2, 0.25) is 0 Å². The number of hydrogen-bond acceptors (Lipinski definition) is 5. The Morgan fingerprint density at radius 3 is 1.35 bits per heavy atom. The highest BCUT2D eigenvalue weighted by Crippen LogP contribution is 2.40. The van der Waals surface area contributed by atoms with Gasteiger partial charge in [-0.05, 0) is 46.0 Å². The summed E-state index contributed by atoms with van der Waals surface area (Å²) >= 11 is 0. The zero-order valence-corrected chi connectivity index (χ0v) is 26.5. The molecule has 0 saturated carbocycles. The number of aromatic nitrogens is 5. The molecule has 230 valence electrons. The van der Waals surface area contributed by atoms with Crippen molar-refractivity contribution >= 4 is 0 Å². The lowest BCUT2D eigenvalue weighted by atomic mass is 10.0. The van der Waals surface area contributed by atoms with E-state index in [2.05, 4.69) is 151 Å². The average molecular weight is 628 g/mol. The standard InChI is InChI=1S/C44H29N5/c1-3-12-29(13-4-1)31-17-9-20-35(24-31)42-47-43(36-21-10-18-32(25-36)30-14-5-2-6-15-30)49-44(48-42)37-22-11-19-34(26-37)40-39-27-33-16-7-8-23-38(33)41(39)46-28-45-40/h1-26,28H,27H2. The molecule has 5 nitrogen and oxygen atoms in total. The molecule has 0 atom stereocenters. The molecule has 0 unspecified atom stereocenters. The largest absolute Gasteiger partial charge is 0.236 e. The molecular formula is C44H29N5. The van der Waals surface area contributed by atoms with Crippen molar-refractivity contribution in [2.45, 2.75) is 6.42 Å². The van der Waals surface area contributed by atoms with Crippen molar-refractivity contribution in [3.63, 3.8) is 0 Å². The van der Waals surface area contributed by atoms with Crippen LogP contribution < -0.4 is 0 Å². The van der Waals surface area contributed by atoms with Crippen molar-refractivity contribution in [1.29, 1.82) is 0 Å². The van der Waals surface area contributed by atoms with Gasteiger partial charge in [-0.3, -0.25) is 0 Å². The normalized spacial score (nSPS) is 11.6. The van der Waals surface area contributed by atoms with Gasteiger partial charge in [0, 0.05) is 39.8 Å². The molecule has 0 spiro atoms. The highest BCUT2D eigenvalue weighted by molar-refractivity contribution is 5.82. The van der Waals surface area contributed by atoms with Crippen molar-refractivity contribution in [2.24, 2.45) is 0 Å². The highest BCUT2D eigenvalue weighted by Gasteiger charge is 2.24. The molecule has 9 rings (SSSR count). The van der Waals surface area contributed by atoms with Gasteiger partial charge in [0.05, 0.1) is 11.4 Å². The summed E-state index contributed by atoms with van der Waals surface area (Å²) in [5.41, 5.74) is 13.8. The molecule has 1 aliphatic rings. The summed E-state index contributed by atoms with van der Waals surface area (Å²) in [5, 5.41) is 0. The van der Waals surface area contributed by atoms with E-state index in [1.165, 1.54) is 11.1 Å². The number of fused-ring (bicyclic) bond motifs is 3. The minimum atomic E-state index is 0.603. The fraction of sp³-hybridized carbons (Fsp3) is 0.0227. The topological polar surface area (TPSA) is 64.5 Å². The first kappa shape index (κ1) is 28.6. The predicted molar refractivity (Wildman–Crippen MR) is 196 cm³/mol. The molecule has 49 heavy (non-hydrogen) atoms. The van der Waals surface area contributed by atoms with Gasteiger partial charge in [-0.15, -0.1) is 0 Å². The van der Waals surface area contributed by atoms with Gasteiger partial charge in [-0.25, -0.2) is 24.9 Å². The molecule has 0 N–H and O–H groups in total. The van der Waals surface area contributed by atoms with Gasteiger partial charge in [0.15, 0.2) is 17.5 Å². The van der Waals surface area contributed by atoms with Gasteiger partial charge >= 0.3 is 0 Å². The summed E-state index contributed by atoms with van der Waals surface area (Å²) in [6, 6.07) is 54.3. The molecule has 0 aliphatic heterocycles. The SMILES string of the molecule is c1ccc(-c2cccc(-c3nc(-c4cccc(-c5ccccc5)c4)nc(-c4cccc(-c5ncnc6c5Cc5ccccc5-6)c4)n3)c2)cc1. The fourth-order valence-corrected chi connectivity index (χ4v) is 6.66. The summed E-state index contributed by atoms with van der Waals surface area (Å²) in [7, 11) is 0. The molecule has 2 aromatic heterocycles. The molecule has 0 fully saturated rings. The quantitative estimate of drug-likeness (QED) is 0.184. The van der Waals surface area contributed by atoms with Crippen molar-refractivity contribution in [3.8, 4) is 78.9 Å². The summed E-state index contributed by atoms with van der Waals surface area (Å²) in [4.78, 5) is 24.7. The van der Waals surface area contributed by atoms with Crippen molar-refractivity contribution < 1.29 is 0 Å². The second-order valence-corrected chi connectivity index (χ2v) is 12.2. The van der Waals surface area contributed by atoms with E-state index in [-0.39, 0.29) is 0 Å². The third-order valence-corrected chi connectivity index (χ3v) is 9.07. The van der Waals surface area contributed by atoms with Crippen LogP contribution in [0, 0.1) is 0 Å². The molecule has 1 aliphatic carbocycles. The fourth-order valence-electron chi connectivity index (χ4n) is 6.66. The van der Waals surface area contributed by atoms with Gasteiger partial charge in [0.25, 0.3) is 0 Å². The second kappa shape index (κ2) is 12.2. The minimum absolute atomic E-state index is 0.603. The van der Waals surface area contributed by atoms with Crippen LogP contribution >= 0.6 is 0 Å². The first-order chi connectivity index (χ1) is 24.3. The summed E-state index contributed by atoms with van der Waals surface area (Å²) in [6.07, 6.45) is 2.48. The molecule has 8 aromatic rings. The Kier molecular flexibility index (Phi) is 7.13. The van der Waals surface area contributed by atoms with E-state index in [1.807, 2.05) is 12.1 Å². The highest BCUT2D eigenvalue weighted by atomic mass is 15.0. The van der Waals surface area contributed by atoms with Crippen LogP contribution in [0.1, 0.15) is 11.1 Å². The van der Waals surface area contributed by atoms with E-state index in [0.717, 1.165) is 67.9 Å². The Labute approximate surface area is 284 Å². The predicted octanol–water partition coefficient (Wildman–Crippen LogP) is 10.2. The van der Waals surface area contributed by atoms with Crippen molar-refractivity contribution in [1.82, 2.24) is 24.9 Å². The van der Waals surface area contributed by atoms with E-state index < -0.39 is 0 Å². The number of rotatable bonds is 6. The maximum absolute atomic E-state index is 5.10. The molecule has 2 heterocycles. The second-order valence-electron chi connectivity index (χ2n) is 12.2. The maximum atomic E-state index is 5.10. The van der Waals surface area contributed by atoms with Crippen LogP contribution in [-0.4, -0.2) is 24.9 Å². The van der Waals surface area contributed by atoms with Crippen molar-refractivity contribution in [2.75, 3.05) is 0 Å². The van der Waals surface area contributed by atoms with Crippen LogP contribution in [0.4, 0.5) is 0 Å². The smallest absolute Gasteiger partial charge is 0.164 e. The number of hydrogen-bond donors (Lipinski definition) is 0. The molecule has 0 amide bonds. The van der Waals surface area contributed by atoms with E-state index >= 15 is 0 Å².